The van der Waals surface area contributed by atoms with Crippen molar-refractivity contribution in [3.8, 4) is 0 Å². The molecule has 2 aromatic rings. The van der Waals surface area contributed by atoms with Crippen molar-refractivity contribution in [3.63, 3.8) is 0 Å². The Balaban J connectivity index is 1.58. The number of benzene rings is 2. The van der Waals surface area contributed by atoms with Crippen LogP contribution in [-0.2, 0) is 27.6 Å². The quantitative estimate of drug-likeness (QED) is 0.828. The Hall–Kier alpha value is -1.69. The molecule has 0 saturated carbocycles. The molecule has 2 aromatic carbocycles. The molecule has 138 valence electrons. The van der Waals surface area contributed by atoms with E-state index in [9.17, 15) is 8.42 Å². The highest BCUT2D eigenvalue weighted by molar-refractivity contribution is 7.89. The summed E-state index contributed by atoms with van der Waals surface area (Å²) in [5.74, 6) is 0. The van der Waals surface area contributed by atoms with Crippen LogP contribution in [0.5, 0.6) is 0 Å². The normalized spacial score (nSPS) is 21.3. The van der Waals surface area contributed by atoms with Crippen LogP contribution >= 0.6 is 0 Å². The lowest BCUT2D eigenvalue weighted by atomic mass is 9.92. The topological polar surface area (TPSA) is 46.6 Å². The van der Waals surface area contributed by atoms with Gasteiger partial charge in [-0.05, 0) is 61.4 Å². The van der Waals surface area contributed by atoms with Gasteiger partial charge >= 0.3 is 0 Å². The third kappa shape index (κ3) is 3.43. The van der Waals surface area contributed by atoms with Crippen LogP contribution in [0.1, 0.15) is 41.2 Å². The number of hydrogen-bond donors (Lipinski definition) is 0. The van der Waals surface area contributed by atoms with Crippen molar-refractivity contribution in [2.24, 2.45) is 0 Å². The predicted octanol–water partition coefficient (Wildman–Crippen LogP) is 3.64. The lowest BCUT2D eigenvalue weighted by Crippen LogP contribution is -2.42. The van der Waals surface area contributed by atoms with Crippen molar-refractivity contribution in [3.05, 3.63) is 64.7 Å². The smallest absolute Gasteiger partial charge is 0.243 e. The number of hydrogen-bond acceptors (Lipinski definition) is 3. The van der Waals surface area contributed by atoms with Crippen LogP contribution in [0.3, 0.4) is 0 Å². The molecule has 0 spiro atoms. The second-order valence-corrected chi connectivity index (χ2v) is 9.21. The fourth-order valence-corrected chi connectivity index (χ4v) is 5.32. The summed E-state index contributed by atoms with van der Waals surface area (Å²) >= 11 is 0. The van der Waals surface area contributed by atoms with E-state index in [-0.39, 0.29) is 6.10 Å². The van der Waals surface area contributed by atoms with E-state index in [0.29, 0.717) is 24.6 Å². The van der Waals surface area contributed by atoms with E-state index in [1.165, 1.54) is 23.1 Å². The Morgan fingerprint density at radius 3 is 2.50 bits per heavy atom. The Bertz CT molecular complexity index is 890. The zero-order chi connectivity index (χ0) is 18.1. The van der Waals surface area contributed by atoms with Crippen molar-refractivity contribution in [2.75, 3.05) is 19.7 Å². The Kier molecular flexibility index (Phi) is 4.86. The van der Waals surface area contributed by atoms with E-state index in [1.54, 1.807) is 10.4 Å². The molecule has 0 amide bonds. The molecule has 26 heavy (non-hydrogen) atoms. The van der Waals surface area contributed by atoms with E-state index in [0.717, 1.165) is 24.8 Å². The molecule has 1 saturated heterocycles. The number of aryl methyl sites for hydroxylation is 3. The van der Waals surface area contributed by atoms with Gasteiger partial charge in [0.1, 0.15) is 0 Å². The minimum absolute atomic E-state index is 0.211. The number of rotatable bonds is 3. The van der Waals surface area contributed by atoms with E-state index in [1.807, 2.05) is 43.3 Å². The molecular weight excluding hydrogens is 346 g/mol. The molecule has 5 heteroatoms. The lowest BCUT2D eigenvalue weighted by molar-refractivity contribution is -0.00256. The molecule has 1 heterocycles. The molecule has 0 bridgehead atoms. The van der Waals surface area contributed by atoms with Crippen LogP contribution in [0.2, 0.25) is 0 Å². The fraction of sp³-hybridized carbons (Fsp3) is 0.429. The summed E-state index contributed by atoms with van der Waals surface area (Å²) in [5, 5.41) is 0. The zero-order valence-corrected chi connectivity index (χ0v) is 16.0. The predicted molar refractivity (Wildman–Crippen MR) is 102 cm³/mol. The van der Waals surface area contributed by atoms with E-state index in [4.69, 9.17) is 4.74 Å². The first-order chi connectivity index (χ1) is 12.5. The van der Waals surface area contributed by atoms with Gasteiger partial charge in [0, 0.05) is 13.1 Å². The van der Waals surface area contributed by atoms with Gasteiger partial charge in [0.2, 0.25) is 10.0 Å². The molecule has 1 aliphatic heterocycles. The average Bonchev–Trinajstić information content (AvgIpc) is 2.68. The number of fused-ring (bicyclic) bond motifs is 1. The highest BCUT2D eigenvalue weighted by atomic mass is 32.2. The number of sulfonamides is 1. The largest absolute Gasteiger partial charge is 0.371 e. The molecule has 1 unspecified atom stereocenters. The molecule has 4 rings (SSSR count). The van der Waals surface area contributed by atoms with Crippen molar-refractivity contribution in [1.82, 2.24) is 4.31 Å². The lowest BCUT2D eigenvalue weighted by Gasteiger charge is -2.32. The molecular formula is C21H25NO3S. The van der Waals surface area contributed by atoms with Gasteiger partial charge in [-0.25, -0.2) is 8.42 Å². The van der Waals surface area contributed by atoms with Gasteiger partial charge in [0.25, 0.3) is 0 Å². The molecule has 1 aliphatic carbocycles. The highest BCUT2D eigenvalue weighted by Gasteiger charge is 2.32. The van der Waals surface area contributed by atoms with Crippen molar-refractivity contribution in [2.45, 2.75) is 43.6 Å². The molecule has 0 radical (unpaired) electrons. The van der Waals surface area contributed by atoms with Crippen LogP contribution in [0.15, 0.2) is 47.4 Å². The van der Waals surface area contributed by atoms with Crippen molar-refractivity contribution >= 4 is 10.0 Å². The standard InChI is InChI=1S/C21H25NO3S/c1-16-6-8-18(9-7-16)21-15-22(12-13-25-21)26(23,24)20-11-10-17-4-2-3-5-19(17)14-20/h6-11,14,21H,2-5,12-13,15H2,1H3. The highest BCUT2D eigenvalue weighted by Crippen LogP contribution is 2.29. The van der Waals surface area contributed by atoms with E-state index in [2.05, 4.69) is 0 Å². The third-order valence-electron chi connectivity index (χ3n) is 5.44. The monoisotopic (exact) mass is 371 g/mol. The Morgan fingerprint density at radius 2 is 1.73 bits per heavy atom. The van der Waals surface area contributed by atoms with E-state index < -0.39 is 10.0 Å². The molecule has 0 aromatic heterocycles. The van der Waals surface area contributed by atoms with Crippen LogP contribution in [-0.4, -0.2) is 32.4 Å². The van der Waals surface area contributed by atoms with Gasteiger partial charge in [0.15, 0.2) is 0 Å². The molecule has 1 fully saturated rings. The summed E-state index contributed by atoms with van der Waals surface area (Å²) < 4.78 is 33.8. The fourth-order valence-electron chi connectivity index (χ4n) is 3.85. The summed E-state index contributed by atoms with van der Waals surface area (Å²) in [5.41, 5.74) is 4.71. The summed E-state index contributed by atoms with van der Waals surface area (Å²) in [4.78, 5) is 0.419. The van der Waals surface area contributed by atoms with E-state index >= 15 is 0 Å². The molecule has 0 N–H and O–H groups in total. The second kappa shape index (κ2) is 7.14. The van der Waals surface area contributed by atoms with Crippen molar-refractivity contribution < 1.29 is 13.2 Å². The van der Waals surface area contributed by atoms with Crippen molar-refractivity contribution in [1.29, 1.82) is 0 Å². The summed E-state index contributed by atoms with van der Waals surface area (Å²) in [6.45, 7) is 3.23. The first kappa shape index (κ1) is 17.7. The molecule has 1 atom stereocenters. The maximum absolute atomic E-state index is 13.2. The summed E-state index contributed by atoms with van der Waals surface area (Å²) in [6, 6.07) is 13.8. The number of morpholine rings is 1. The average molecular weight is 372 g/mol. The van der Waals surface area contributed by atoms with Gasteiger partial charge < -0.3 is 4.74 Å². The van der Waals surface area contributed by atoms with Crippen LogP contribution in [0, 0.1) is 6.92 Å². The zero-order valence-electron chi connectivity index (χ0n) is 15.1. The molecule has 2 aliphatic rings. The summed E-state index contributed by atoms with van der Waals surface area (Å²) in [6.07, 6.45) is 4.16. The van der Waals surface area contributed by atoms with Gasteiger partial charge in [0.05, 0.1) is 17.6 Å². The molecule has 4 nitrogen and oxygen atoms in total. The Labute approximate surface area is 155 Å². The number of ether oxygens (including phenoxy) is 1. The number of nitrogens with zero attached hydrogens (tertiary/aromatic N) is 1. The van der Waals surface area contributed by atoms with Crippen LogP contribution in [0.25, 0.3) is 0 Å². The van der Waals surface area contributed by atoms with Crippen LogP contribution in [0.4, 0.5) is 0 Å². The van der Waals surface area contributed by atoms with Gasteiger partial charge in [-0.2, -0.15) is 4.31 Å². The van der Waals surface area contributed by atoms with Gasteiger partial charge in [-0.1, -0.05) is 35.9 Å². The maximum atomic E-state index is 13.2. The second-order valence-electron chi connectivity index (χ2n) is 7.27. The Morgan fingerprint density at radius 1 is 1.00 bits per heavy atom. The first-order valence-corrected chi connectivity index (χ1v) is 10.8. The van der Waals surface area contributed by atoms with Gasteiger partial charge in [-0.15, -0.1) is 0 Å². The SMILES string of the molecule is Cc1ccc(C2CN(S(=O)(=O)c3ccc4c(c3)CCCC4)CCO2)cc1. The first-order valence-electron chi connectivity index (χ1n) is 9.34. The minimum Gasteiger partial charge on any atom is -0.371 e. The van der Waals surface area contributed by atoms with Crippen LogP contribution < -0.4 is 0 Å². The van der Waals surface area contributed by atoms with Gasteiger partial charge in [-0.3, -0.25) is 0 Å². The summed E-state index contributed by atoms with van der Waals surface area (Å²) in [7, 11) is -3.49. The minimum atomic E-state index is -3.49. The maximum Gasteiger partial charge on any atom is 0.243 e. The third-order valence-corrected chi connectivity index (χ3v) is 7.30.